The van der Waals surface area contributed by atoms with Crippen molar-refractivity contribution in [2.24, 2.45) is 11.8 Å². The van der Waals surface area contributed by atoms with Gasteiger partial charge in [-0.3, -0.25) is 14.4 Å². The van der Waals surface area contributed by atoms with Gasteiger partial charge in [-0.15, -0.1) is 0 Å². The summed E-state index contributed by atoms with van der Waals surface area (Å²) in [5, 5.41) is 14.8. The number of nitrogens with one attached hydrogen (secondary N) is 3. The molecule has 1 saturated carbocycles. The minimum absolute atomic E-state index is 0.0179. The summed E-state index contributed by atoms with van der Waals surface area (Å²) >= 11 is 0. The molecule has 3 amide bonds. The summed E-state index contributed by atoms with van der Waals surface area (Å²) in [6, 6.07) is 3.75. The molecule has 4 heterocycles. The highest BCUT2D eigenvalue weighted by atomic mass is 19.3. The van der Waals surface area contributed by atoms with Crippen molar-refractivity contribution in [2.75, 3.05) is 6.54 Å². The molecule has 4 fully saturated rings. The maximum absolute atomic E-state index is 14.9. The van der Waals surface area contributed by atoms with E-state index >= 15 is 0 Å². The van der Waals surface area contributed by atoms with Crippen LogP contribution in [0.5, 0.6) is 0 Å². The Morgan fingerprint density at radius 1 is 1.24 bits per heavy atom. The van der Waals surface area contributed by atoms with E-state index in [1.807, 2.05) is 6.07 Å². The van der Waals surface area contributed by atoms with Gasteiger partial charge in [-0.2, -0.15) is 5.26 Å². The first kappa shape index (κ1) is 25.0. The van der Waals surface area contributed by atoms with E-state index in [1.54, 1.807) is 0 Å². The first-order valence-corrected chi connectivity index (χ1v) is 12.2. The van der Waals surface area contributed by atoms with Gasteiger partial charge in [0.2, 0.25) is 11.8 Å². The van der Waals surface area contributed by atoms with E-state index in [-0.39, 0.29) is 47.3 Å². The van der Waals surface area contributed by atoms with Gasteiger partial charge in [-0.1, -0.05) is 12.1 Å². The molecule has 2 bridgehead atoms. The number of fused-ring (bicyclic) bond motifs is 4. The SMILES string of the molecule is N#C[C@@H](C[C@H]1CCNC1=O)NC(=O)[C@@H]1[C@@H]2CC[C@@H](CC2(F)F)N1C(=O)c1cc2c(C(F)F)cccc2[nH]1. The van der Waals surface area contributed by atoms with Crippen LogP contribution in [0.1, 0.15) is 54.6 Å². The highest BCUT2D eigenvalue weighted by molar-refractivity contribution is 6.01. The van der Waals surface area contributed by atoms with Gasteiger partial charge in [0.15, 0.2) is 0 Å². The number of amides is 3. The lowest BCUT2D eigenvalue weighted by Gasteiger charge is -2.53. The molecule has 196 valence electrons. The van der Waals surface area contributed by atoms with Crippen molar-refractivity contribution in [2.45, 2.75) is 62.6 Å². The Kier molecular flexibility index (Phi) is 6.33. The number of H-pyrrole nitrogens is 1. The fourth-order valence-corrected chi connectivity index (χ4v) is 5.98. The van der Waals surface area contributed by atoms with Crippen molar-refractivity contribution in [3.8, 4) is 6.07 Å². The van der Waals surface area contributed by atoms with Crippen molar-refractivity contribution >= 4 is 28.6 Å². The molecule has 8 nitrogen and oxygen atoms in total. The van der Waals surface area contributed by atoms with Crippen molar-refractivity contribution in [1.82, 2.24) is 20.5 Å². The lowest BCUT2D eigenvalue weighted by Crippen LogP contribution is -2.68. The highest BCUT2D eigenvalue weighted by Gasteiger charge is 2.60. The van der Waals surface area contributed by atoms with Crippen molar-refractivity contribution in [1.29, 1.82) is 5.26 Å². The van der Waals surface area contributed by atoms with Gasteiger partial charge in [0.05, 0.1) is 12.0 Å². The molecule has 6 rings (SSSR count). The van der Waals surface area contributed by atoms with E-state index in [1.165, 1.54) is 24.3 Å². The zero-order valence-electron chi connectivity index (χ0n) is 19.6. The van der Waals surface area contributed by atoms with E-state index in [0.29, 0.717) is 13.0 Å². The summed E-state index contributed by atoms with van der Waals surface area (Å²) in [6.07, 6.45) is -2.59. The van der Waals surface area contributed by atoms with Gasteiger partial charge < -0.3 is 20.5 Å². The zero-order valence-corrected chi connectivity index (χ0v) is 19.6. The third-order valence-corrected chi connectivity index (χ3v) is 7.76. The van der Waals surface area contributed by atoms with Crippen LogP contribution in [0.2, 0.25) is 0 Å². The number of aromatic amines is 1. The van der Waals surface area contributed by atoms with Crippen LogP contribution in [0.15, 0.2) is 24.3 Å². The van der Waals surface area contributed by atoms with Crippen molar-refractivity contribution < 1.29 is 31.9 Å². The van der Waals surface area contributed by atoms with Crippen LogP contribution >= 0.6 is 0 Å². The van der Waals surface area contributed by atoms with Crippen LogP contribution in [0.4, 0.5) is 17.6 Å². The number of halogens is 4. The van der Waals surface area contributed by atoms with Gasteiger partial charge in [0.25, 0.3) is 18.3 Å². The van der Waals surface area contributed by atoms with Gasteiger partial charge in [-0.05, 0) is 37.8 Å². The number of rotatable bonds is 6. The summed E-state index contributed by atoms with van der Waals surface area (Å²) in [5.74, 6) is -7.02. The molecular formula is C25H25F4N5O3. The summed E-state index contributed by atoms with van der Waals surface area (Å²) < 4.78 is 56.8. The summed E-state index contributed by atoms with van der Waals surface area (Å²) in [7, 11) is 0. The minimum atomic E-state index is -3.20. The summed E-state index contributed by atoms with van der Waals surface area (Å²) in [4.78, 5) is 42.8. The second-order valence-corrected chi connectivity index (χ2v) is 9.95. The quantitative estimate of drug-likeness (QED) is 0.508. The Labute approximate surface area is 209 Å². The lowest BCUT2D eigenvalue weighted by atomic mass is 9.71. The van der Waals surface area contributed by atoms with E-state index in [2.05, 4.69) is 15.6 Å². The van der Waals surface area contributed by atoms with E-state index in [4.69, 9.17) is 0 Å². The summed E-state index contributed by atoms with van der Waals surface area (Å²) in [6.45, 7) is 0.453. The largest absolute Gasteiger partial charge is 0.356 e. The third kappa shape index (κ3) is 4.40. The molecule has 5 atom stereocenters. The van der Waals surface area contributed by atoms with Gasteiger partial charge in [0, 0.05) is 41.4 Å². The van der Waals surface area contributed by atoms with Crippen molar-refractivity contribution in [3.05, 3.63) is 35.5 Å². The smallest absolute Gasteiger partial charge is 0.271 e. The number of alkyl halides is 4. The van der Waals surface area contributed by atoms with Crippen LogP contribution in [-0.2, 0) is 9.59 Å². The predicted octanol–water partition coefficient (Wildman–Crippen LogP) is 3.27. The highest BCUT2D eigenvalue weighted by Crippen LogP contribution is 2.49. The van der Waals surface area contributed by atoms with E-state index < -0.39 is 60.5 Å². The molecular weight excluding hydrogens is 494 g/mol. The predicted molar refractivity (Wildman–Crippen MR) is 123 cm³/mol. The normalized spacial score (nSPS) is 27.2. The summed E-state index contributed by atoms with van der Waals surface area (Å²) in [5.41, 5.74) is -0.0770. The number of piperidine rings is 2. The Balaban J connectivity index is 1.44. The lowest BCUT2D eigenvalue weighted by molar-refractivity contribution is -0.179. The number of carbonyl (C=O) groups is 3. The van der Waals surface area contributed by atoms with Crippen LogP contribution in [0.25, 0.3) is 10.9 Å². The maximum Gasteiger partial charge on any atom is 0.271 e. The molecule has 0 spiro atoms. The van der Waals surface area contributed by atoms with Crippen LogP contribution in [-0.4, -0.2) is 58.2 Å². The van der Waals surface area contributed by atoms with Gasteiger partial charge in [-0.25, -0.2) is 17.6 Å². The second-order valence-electron chi connectivity index (χ2n) is 9.95. The average molecular weight is 519 g/mol. The second kappa shape index (κ2) is 9.36. The maximum atomic E-state index is 14.9. The number of hydrogen-bond donors (Lipinski definition) is 3. The van der Waals surface area contributed by atoms with Crippen molar-refractivity contribution in [3.63, 3.8) is 0 Å². The number of carbonyl (C=O) groups excluding carboxylic acids is 3. The van der Waals surface area contributed by atoms with E-state index in [0.717, 1.165) is 4.90 Å². The molecule has 0 unspecified atom stereocenters. The molecule has 0 radical (unpaired) electrons. The first-order valence-electron chi connectivity index (χ1n) is 12.2. The number of hydrogen-bond acceptors (Lipinski definition) is 4. The molecule has 3 saturated heterocycles. The van der Waals surface area contributed by atoms with Gasteiger partial charge in [0.1, 0.15) is 17.8 Å². The molecule has 12 heteroatoms. The fourth-order valence-electron chi connectivity index (χ4n) is 5.98. The van der Waals surface area contributed by atoms with Crippen LogP contribution in [0, 0.1) is 23.2 Å². The van der Waals surface area contributed by atoms with Crippen LogP contribution < -0.4 is 10.6 Å². The Hall–Kier alpha value is -3.62. The number of benzene rings is 1. The Morgan fingerprint density at radius 3 is 2.68 bits per heavy atom. The molecule has 3 N–H and O–H groups in total. The molecule has 1 aromatic carbocycles. The van der Waals surface area contributed by atoms with Crippen LogP contribution in [0.3, 0.4) is 0 Å². The first-order chi connectivity index (χ1) is 17.6. The third-order valence-electron chi connectivity index (χ3n) is 7.76. The topological polar surface area (TPSA) is 118 Å². The van der Waals surface area contributed by atoms with Gasteiger partial charge >= 0.3 is 0 Å². The zero-order chi connectivity index (χ0) is 26.5. The molecule has 1 aliphatic carbocycles. The average Bonchev–Trinajstić information content (AvgIpc) is 3.47. The number of nitriles is 1. The standard InChI is InChI=1S/C25H25F4N5O3/c26-21(27)15-2-1-3-18-16(15)9-19(33-18)24(37)34-14-4-5-17(25(28,29)10-14)20(34)23(36)32-13(11-30)8-12-6-7-31-22(12)35/h1-3,9,12-14,17,20-21,33H,4-8,10H2,(H,31,35)(H,32,36)/t12-,13-,14+,17+,20+/m1/s1. The van der Waals surface area contributed by atoms with E-state index in [9.17, 15) is 37.2 Å². The molecule has 1 aromatic heterocycles. The monoisotopic (exact) mass is 519 g/mol. The minimum Gasteiger partial charge on any atom is -0.356 e. The number of nitrogens with zero attached hydrogens (tertiary/aromatic N) is 2. The Morgan fingerprint density at radius 2 is 2.03 bits per heavy atom. The molecule has 2 aromatic rings. The number of aromatic nitrogens is 1. The molecule has 37 heavy (non-hydrogen) atoms. The Bertz CT molecular complexity index is 1290. The molecule has 4 aliphatic rings. The molecule has 3 aliphatic heterocycles. The fraction of sp³-hybridized carbons (Fsp3) is 0.520.